The molecule has 0 radical (unpaired) electrons. The zero-order valence-electron chi connectivity index (χ0n) is 15.3. The maximum Gasteiger partial charge on any atom is 0.381 e. The molecule has 2 rings (SSSR count). The molecular weight excluding hydrogens is 374 g/mol. The first kappa shape index (κ1) is 20.5. The number of H-pyrrole nitrogens is 1. The molecule has 0 amide bonds. The van der Waals surface area contributed by atoms with Gasteiger partial charge in [0.1, 0.15) is 18.1 Å². The Bertz CT molecular complexity index is 858. The maximum atomic E-state index is 12.3. The molecule has 2 aromatic rings. The molecule has 0 aliphatic rings. The lowest BCUT2D eigenvalue weighted by Gasteiger charge is -2.08. The van der Waals surface area contributed by atoms with Crippen molar-refractivity contribution in [2.75, 3.05) is 13.2 Å². The summed E-state index contributed by atoms with van der Waals surface area (Å²) in [5.41, 5.74) is 0.865. The standard InChI is InChI=1S/C19H20ClNO6/c1-4-25-18(23)16-14(10-27-13-8-6-7-12(20)9-13)11(3)15(21-16)17(22)19(24)26-5-2/h6-9,21H,4-5,10H2,1-3H3. The third-order valence-electron chi connectivity index (χ3n) is 3.73. The average Bonchev–Trinajstić information content (AvgIpc) is 2.96. The largest absolute Gasteiger partial charge is 0.489 e. The van der Waals surface area contributed by atoms with Crippen LogP contribution in [-0.2, 0) is 20.9 Å². The van der Waals surface area contributed by atoms with Crippen molar-refractivity contribution in [3.63, 3.8) is 0 Å². The van der Waals surface area contributed by atoms with Gasteiger partial charge in [0, 0.05) is 10.6 Å². The molecule has 0 saturated carbocycles. The lowest BCUT2D eigenvalue weighted by molar-refractivity contribution is -0.137. The monoisotopic (exact) mass is 393 g/mol. The Morgan fingerprint density at radius 2 is 1.78 bits per heavy atom. The van der Waals surface area contributed by atoms with Gasteiger partial charge in [-0.2, -0.15) is 0 Å². The molecule has 0 bridgehead atoms. The van der Waals surface area contributed by atoms with E-state index in [1.807, 2.05) is 0 Å². The molecule has 0 saturated heterocycles. The summed E-state index contributed by atoms with van der Waals surface area (Å²) in [5, 5.41) is 0.502. The number of Topliss-reactive ketones (excluding diaryl/α,β-unsaturated/α-hetero) is 1. The van der Waals surface area contributed by atoms with Crippen molar-refractivity contribution in [3.8, 4) is 5.75 Å². The van der Waals surface area contributed by atoms with Crippen molar-refractivity contribution in [1.82, 2.24) is 4.98 Å². The topological polar surface area (TPSA) is 94.7 Å². The van der Waals surface area contributed by atoms with Gasteiger partial charge in [0.15, 0.2) is 0 Å². The molecule has 1 N–H and O–H groups in total. The molecule has 0 spiro atoms. The predicted molar refractivity (Wildman–Crippen MR) is 98.2 cm³/mol. The zero-order valence-corrected chi connectivity index (χ0v) is 16.0. The van der Waals surface area contributed by atoms with E-state index in [9.17, 15) is 14.4 Å². The first-order valence-corrected chi connectivity index (χ1v) is 8.75. The SMILES string of the molecule is CCOC(=O)C(=O)c1[nH]c(C(=O)OCC)c(COc2cccc(Cl)c2)c1C. The summed E-state index contributed by atoms with van der Waals surface area (Å²) in [5.74, 6) is -2.02. The number of rotatable bonds is 8. The van der Waals surface area contributed by atoms with Crippen LogP contribution in [0.5, 0.6) is 5.75 Å². The van der Waals surface area contributed by atoms with Crippen LogP contribution in [0.2, 0.25) is 5.02 Å². The van der Waals surface area contributed by atoms with E-state index in [4.69, 9.17) is 25.8 Å². The first-order valence-electron chi connectivity index (χ1n) is 8.37. The molecule has 1 heterocycles. The van der Waals surface area contributed by atoms with Gasteiger partial charge in [-0.3, -0.25) is 4.79 Å². The fourth-order valence-electron chi connectivity index (χ4n) is 2.43. The van der Waals surface area contributed by atoms with Crippen molar-refractivity contribution in [2.45, 2.75) is 27.4 Å². The summed E-state index contributed by atoms with van der Waals surface area (Å²) < 4.78 is 15.4. The molecule has 144 valence electrons. The number of ketones is 1. The van der Waals surface area contributed by atoms with Crippen LogP contribution in [-0.4, -0.2) is 35.9 Å². The number of aromatic amines is 1. The molecule has 0 fully saturated rings. The Balaban J connectivity index is 2.36. The van der Waals surface area contributed by atoms with Gasteiger partial charge in [-0.25, -0.2) is 9.59 Å². The van der Waals surface area contributed by atoms with Crippen LogP contribution in [0.15, 0.2) is 24.3 Å². The smallest absolute Gasteiger partial charge is 0.381 e. The van der Waals surface area contributed by atoms with Crippen LogP contribution in [0, 0.1) is 6.92 Å². The Morgan fingerprint density at radius 1 is 1.07 bits per heavy atom. The van der Waals surface area contributed by atoms with E-state index in [0.717, 1.165) is 0 Å². The van der Waals surface area contributed by atoms with E-state index in [-0.39, 0.29) is 31.2 Å². The average molecular weight is 394 g/mol. The summed E-state index contributed by atoms with van der Waals surface area (Å²) in [6.45, 7) is 5.09. The van der Waals surface area contributed by atoms with Crippen LogP contribution >= 0.6 is 11.6 Å². The molecule has 1 aromatic carbocycles. The number of halogens is 1. The lowest BCUT2D eigenvalue weighted by Crippen LogP contribution is -2.19. The molecule has 0 atom stereocenters. The highest BCUT2D eigenvalue weighted by molar-refractivity contribution is 6.40. The number of ether oxygens (including phenoxy) is 3. The van der Waals surface area contributed by atoms with E-state index >= 15 is 0 Å². The fourth-order valence-corrected chi connectivity index (χ4v) is 2.61. The molecule has 27 heavy (non-hydrogen) atoms. The third kappa shape index (κ3) is 4.89. The number of esters is 2. The van der Waals surface area contributed by atoms with E-state index in [2.05, 4.69) is 4.98 Å². The highest BCUT2D eigenvalue weighted by atomic mass is 35.5. The van der Waals surface area contributed by atoms with Gasteiger partial charge in [-0.05, 0) is 44.5 Å². The second-order valence-electron chi connectivity index (χ2n) is 5.49. The zero-order chi connectivity index (χ0) is 20.0. The van der Waals surface area contributed by atoms with E-state index < -0.39 is 17.7 Å². The lowest BCUT2D eigenvalue weighted by atomic mass is 10.1. The van der Waals surface area contributed by atoms with Crippen LogP contribution in [0.4, 0.5) is 0 Å². The highest BCUT2D eigenvalue weighted by Gasteiger charge is 2.28. The van der Waals surface area contributed by atoms with Crippen molar-refractivity contribution in [1.29, 1.82) is 0 Å². The van der Waals surface area contributed by atoms with Gasteiger partial charge < -0.3 is 19.2 Å². The second kappa shape index (κ2) is 9.23. The minimum absolute atomic E-state index is 0.0209. The van der Waals surface area contributed by atoms with E-state index in [1.165, 1.54) is 0 Å². The van der Waals surface area contributed by atoms with Crippen molar-refractivity contribution in [2.24, 2.45) is 0 Å². The van der Waals surface area contributed by atoms with Gasteiger partial charge >= 0.3 is 11.9 Å². The first-order chi connectivity index (χ1) is 12.9. The van der Waals surface area contributed by atoms with Gasteiger partial charge in [0.2, 0.25) is 0 Å². The molecule has 0 aliphatic heterocycles. The number of carbonyl (C=O) groups is 3. The number of aromatic nitrogens is 1. The Kier molecular flexibility index (Phi) is 7.01. The Labute approximate surface area is 161 Å². The quantitative estimate of drug-likeness (QED) is 0.419. The van der Waals surface area contributed by atoms with E-state index in [0.29, 0.717) is 21.9 Å². The number of hydrogen-bond acceptors (Lipinski definition) is 6. The van der Waals surface area contributed by atoms with Gasteiger partial charge in [-0.1, -0.05) is 17.7 Å². The van der Waals surface area contributed by atoms with Gasteiger partial charge in [0.25, 0.3) is 5.78 Å². The van der Waals surface area contributed by atoms with Gasteiger partial charge in [0.05, 0.1) is 18.9 Å². The van der Waals surface area contributed by atoms with Crippen LogP contribution in [0.3, 0.4) is 0 Å². The molecular formula is C19H20ClNO6. The molecule has 0 aliphatic carbocycles. The van der Waals surface area contributed by atoms with Crippen molar-refractivity contribution >= 4 is 29.3 Å². The minimum Gasteiger partial charge on any atom is -0.489 e. The molecule has 8 heteroatoms. The second-order valence-corrected chi connectivity index (χ2v) is 5.93. The summed E-state index contributed by atoms with van der Waals surface area (Å²) in [6.07, 6.45) is 0. The number of nitrogens with one attached hydrogen (secondary N) is 1. The van der Waals surface area contributed by atoms with Crippen LogP contribution in [0.25, 0.3) is 0 Å². The van der Waals surface area contributed by atoms with E-state index in [1.54, 1.807) is 45.0 Å². The summed E-state index contributed by atoms with van der Waals surface area (Å²) in [4.78, 5) is 39.0. The van der Waals surface area contributed by atoms with Crippen LogP contribution in [0.1, 0.15) is 46.0 Å². The normalized spacial score (nSPS) is 10.4. The predicted octanol–water partition coefficient (Wildman–Crippen LogP) is 3.48. The Morgan fingerprint density at radius 3 is 2.41 bits per heavy atom. The maximum absolute atomic E-state index is 12.3. The number of hydrogen-bond donors (Lipinski definition) is 1. The number of carbonyl (C=O) groups excluding carboxylic acids is 3. The van der Waals surface area contributed by atoms with Crippen LogP contribution < -0.4 is 4.74 Å². The summed E-state index contributed by atoms with van der Waals surface area (Å²) in [7, 11) is 0. The fraction of sp³-hybridized carbons (Fsp3) is 0.316. The molecule has 1 aromatic heterocycles. The highest BCUT2D eigenvalue weighted by Crippen LogP contribution is 2.24. The minimum atomic E-state index is -1.00. The summed E-state index contributed by atoms with van der Waals surface area (Å²) >= 11 is 5.93. The third-order valence-corrected chi connectivity index (χ3v) is 3.96. The van der Waals surface area contributed by atoms with Crippen molar-refractivity contribution < 1.29 is 28.6 Å². The summed E-state index contributed by atoms with van der Waals surface area (Å²) in [6, 6.07) is 6.76. The molecule has 0 unspecified atom stereocenters. The van der Waals surface area contributed by atoms with Gasteiger partial charge in [-0.15, -0.1) is 0 Å². The molecule has 7 nitrogen and oxygen atoms in total. The number of benzene rings is 1. The van der Waals surface area contributed by atoms with Crippen molar-refractivity contribution in [3.05, 3.63) is 51.8 Å². The Hall–Kier alpha value is -2.80.